The minimum absolute atomic E-state index is 0.0270. The fraction of sp³-hybridized carbons (Fsp3) is 0.519. The third kappa shape index (κ3) is 5.97. The Morgan fingerprint density at radius 2 is 1.97 bits per heavy atom. The van der Waals surface area contributed by atoms with E-state index in [1.165, 1.54) is 6.42 Å². The van der Waals surface area contributed by atoms with Gasteiger partial charge in [0.1, 0.15) is 17.5 Å². The molecule has 4 rings (SSSR count). The van der Waals surface area contributed by atoms with Gasteiger partial charge in [-0.3, -0.25) is 14.4 Å². The molecule has 2 fully saturated rings. The highest BCUT2D eigenvalue weighted by Crippen LogP contribution is 2.28. The van der Waals surface area contributed by atoms with Gasteiger partial charge in [-0.25, -0.2) is 0 Å². The second kappa shape index (κ2) is 11.3. The summed E-state index contributed by atoms with van der Waals surface area (Å²) in [6, 6.07) is 6.01. The van der Waals surface area contributed by atoms with Crippen LogP contribution in [-0.2, 0) is 9.59 Å². The fourth-order valence-corrected chi connectivity index (χ4v) is 5.25. The molecule has 8 nitrogen and oxygen atoms in total. The summed E-state index contributed by atoms with van der Waals surface area (Å²) >= 11 is 0. The zero-order valence-electron chi connectivity index (χ0n) is 20.2. The van der Waals surface area contributed by atoms with E-state index in [0.29, 0.717) is 43.2 Å². The van der Waals surface area contributed by atoms with Gasteiger partial charge in [-0.2, -0.15) is 0 Å². The predicted molar refractivity (Wildman–Crippen MR) is 134 cm³/mol. The van der Waals surface area contributed by atoms with Gasteiger partial charge in [-0.15, -0.1) is 6.42 Å². The molecule has 0 spiro atoms. The highest BCUT2D eigenvalue weighted by atomic mass is 16.5. The van der Waals surface area contributed by atoms with Crippen LogP contribution < -0.4 is 20.7 Å². The molecule has 1 aromatic heterocycles. The third-order valence-corrected chi connectivity index (χ3v) is 7.20. The average molecular weight is 479 g/mol. The number of aromatic nitrogens is 1. The van der Waals surface area contributed by atoms with Gasteiger partial charge in [0.15, 0.2) is 0 Å². The Morgan fingerprint density at radius 3 is 2.66 bits per heavy atom. The molecule has 1 saturated carbocycles. The van der Waals surface area contributed by atoms with Crippen LogP contribution in [0.3, 0.4) is 0 Å². The second-order valence-electron chi connectivity index (χ2n) is 9.61. The number of hydrogen-bond donors (Lipinski definition) is 4. The number of hydrogen-bond acceptors (Lipinski definition) is 4. The molecular formula is C27H34N4O4. The SMILES string of the molecule is C#C[C@H](CC1CCNC1=O)NC(=O)[C@H](CC1CCCCC1)NC(=O)c1cc2c(OC)cccc2[nH]1. The van der Waals surface area contributed by atoms with Crippen LogP contribution in [0, 0.1) is 24.2 Å². The number of fused-ring (bicyclic) bond motifs is 1. The Bertz CT molecular complexity index is 1110. The first-order valence-corrected chi connectivity index (χ1v) is 12.5. The molecule has 8 heteroatoms. The van der Waals surface area contributed by atoms with Crippen molar-refractivity contribution < 1.29 is 19.1 Å². The van der Waals surface area contributed by atoms with Crippen molar-refractivity contribution >= 4 is 28.6 Å². The van der Waals surface area contributed by atoms with E-state index < -0.39 is 12.1 Å². The summed E-state index contributed by atoms with van der Waals surface area (Å²) in [5, 5.41) is 9.45. The van der Waals surface area contributed by atoms with Gasteiger partial charge >= 0.3 is 0 Å². The molecule has 1 aromatic carbocycles. The summed E-state index contributed by atoms with van der Waals surface area (Å²) < 4.78 is 5.40. The van der Waals surface area contributed by atoms with Crippen LogP contribution in [0.2, 0.25) is 0 Å². The Hall–Kier alpha value is -3.47. The lowest BCUT2D eigenvalue weighted by atomic mass is 9.84. The number of benzene rings is 1. The summed E-state index contributed by atoms with van der Waals surface area (Å²) in [4.78, 5) is 41.6. The van der Waals surface area contributed by atoms with Crippen LogP contribution in [0.4, 0.5) is 0 Å². The van der Waals surface area contributed by atoms with Gasteiger partial charge in [-0.05, 0) is 43.4 Å². The molecule has 2 aromatic rings. The molecule has 1 saturated heterocycles. The molecule has 0 radical (unpaired) electrons. The van der Waals surface area contributed by atoms with Gasteiger partial charge < -0.3 is 25.7 Å². The Balaban J connectivity index is 1.48. The van der Waals surface area contributed by atoms with Crippen molar-refractivity contribution in [3.8, 4) is 18.1 Å². The van der Waals surface area contributed by atoms with E-state index in [2.05, 4.69) is 26.9 Å². The van der Waals surface area contributed by atoms with Gasteiger partial charge in [-0.1, -0.05) is 44.1 Å². The minimum atomic E-state index is -0.716. The number of terminal acetylenes is 1. The van der Waals surface area contributed by atoms with Crippen LogP contribution >= 0.6 is 0 Å². The molecule has 3 atom stereocenters. The number of methoxy groups -OCH3 is 1. The van der Waals surface area contributed by atoms with Gasteiger partial charge in [0.05, 0.1) is 13.2 Å². The first kappa shape index (κ1) is 24.6. The first-order chi connectivity index (χ1) is 17.0. The standard InChI is InChI=1S/C27H34N4O4/c1-3-19(15-18-12-13-28-25(18)32)29-26(33)22(14-17-8-5-4-6-9-17)31-27(34)23-16-20-21(30-23)10-7-11-24(20)35-2/h1,7,10-11,16-19,22,30H,4-6,8-9,12-15H2,2H3,(H,28,32)(H,29,33)(H,31,34)/t18?,19-,22+/m1/s1. The van der Waals surface area contributed by atoms with Crippen LogP contribution in [0.25, 0.3) is 10.9 Å². The number of nitrogens with one attached hydrogen (secondary N) is 4. The van der Waals surface area contributed by atoms with Gasteiger partial charge in [0, 0.05) is 23.4 Å². The number of H-pyrrole nitrogens is 1. The van der Waals surface area contributed by atoms with Crippen LogP contribution in [0.5, 0.6) is 5.75 Å². The summed E-state index contributed by atoms with van der Waals surface area (Å²) in [6.45, 7) is 0.629. The van der Waals surface area contributed by atoms with Crippen LogP contribution in [-0.4, -0.2) is 48.4 Å². The quantitative estimate of drug-likeness (QED) is 0.415. The van der Waals surface area contributed by atoms with Gasteiger partial charge in [0.2, 0.25) is 11.8 Å². The highest BCUT2D eigenvalue weighted by molar-refractivity contribution is 6.01. The van der Waals surface area contributed by atoms with E-state index in [1.54, 1.807) is 13.2 Å². The second-order valence-corrected chi connectivity index (χ2v) is 9.61. The van der Waals surface area contributed by atoms with E-state index in [4.69, 9.17) is 11.2 Å². The maximum atomic E-state index is 13.3. The van der Waals surface area contributed by atoms with Crippen molar-refractivity contribution in [1.82, 2.24) is 20.9 Å². The van der Waals surface area contributed by atoms with Gasteiger partial charge in [0.25, 0.3) is 5.91 Å². The smallest absolute Gasteiger partial charge is 0.268 e. The molecule has 1 aliphatic carbocycles. The number of carbonyl (C=O) groups excluding carboxylic acids is 3. The molecular weight excluding hydrogens is 444 g/mol. The van der Waals surface area contributed by atoms with Crippen LogP contribution in [0.15, 0.2) is 24.3 Å². The molecule has 4 N–H and O–H groups in total. The molecule has 1 unspecified atom stereocenters. The van der Waals surface area contributed by atoms with Crippen molar-refractivity contribution in [3.05, 3.63) is 30.0 Å². The van der Waals surface area contributed by atoms with E-state index >= 15 is 0 Å². The van der Waals surface area contributed by atoms with E-state index in [-0.39, 0.29) is 23.6 Å². The van der Waals surface area contributed by atoms with E-state index in [0.717, 1.165) is 36.6 Å². The molecule has 0 bridgehead atoms. The molecule has 2 aliphatic rings. The average Bonchev–Trinajstić information content (AvgIpc) is 3.49. The Morgan fingerprint density at radius 1 is 1.17 bits per heavy atom. The van der Waals surface area contributed by atoms with E-state index in [9.17, 15) is 14.4 Å². The lowest BCUT2D eigenvalue weighted by molar-refractivity contribution is -0.125. The number of carbonyl (C=O) groups is 3. The molecule has 3 amide bonds. The zero-order valence-corrected chi connectivity index (χ0v) is 20.2. The van der Waals surface area contributed by atoms with Crippen molar-refractivity contribution in [3.63, 3.8) is 0 Å². The summed E-state index contributed by atoms with van der Waals surface area (Å²) in [7, 11) is 1.59. The zero-order chi connectivity index (χ0) is 24.8. The van der Waals surface area contributed by atoms with Crippen molar-refractivity contribution in [2.24, 2.45) is 11.8 Å². The highest BCUT2D eigenvalue weighted by Gasteiger charge is 2.31. The molecule has 2 heterocycles. The van der Waals surface area contributed by atoms with E-state index in [1.807, 2.05) is 18.2 Å². The number of amides is 3. The van der Waals surface area contributed by atoms with Crippen molar-refractivity contribution in [1.29, 1.82) is 0 Å². The maximum absolute atomic E-state index is 13.3. The molecule has 35 heavy (non-hydrogen) atoms. The minimum Gasteiger partial charge on any atom is -0.496 e. The fourth-order valence-electron chi connectivity index (χ4n) is 5.25. The lowest BCUT2D eigenvalue weighted by Gasteiger charge is -2.27. The Kier molecular flexibility index (Phi) is 7.96. The number of rotatable bonds is 9. The molecule has 1 aliphatic heterocycles. The third-order valence-electron chi connectivity index (χ3n) is 7.20. The summed E-state index contributed by atoms with van der Waals surface area (Å²) in [5.41, 5.74) is 1.15. The van der Waals surface area contributed by atoms with Crippen molar-refractivity contribution in [2.75, 3.05) is 13.7 Å². The first-order valence-electron chi connectivity index (χ1n) is 12.5. The lowest BCUT2D eigenvalue weighted by Crippen LogP contribution is -2.50. The van der Waals surface area contributed by atoms with Crippen molar-refractivity contribution in [2.45, 2.75) is 63.5 Å². The number of aromatic amines is 1. The summed E-state index contributed by atoms with van der Waals surface area (Å²) in [5.74, 6) is 2.75. The normalized spacial score (nSPS) is 20.0. The maximum Gasteiger partial charge on any atom is 0.268 e. The number of ether oxygens (including phenoxy) is 1. The van der Waals surface area contributed by atoms with Crippen LogP contribution in [0.1, 0.15) is 61.9 Å². The largest absolute Gasteiger partial charge is 0.496 e. The summed E-state index contributed by atoms with van der Waals surface area (Å²) in [6.07, 6.45) is 12.9. The predicted octanol–water partition coefficient (Wildman–Crippen LogP) is 2.89. The molecule has 186 valence electrons. The monoisotopic (exact) mass is 478 g/mol. The topological polar surface area (TPSA) is 112 Å². The Labute approximate surface area is 205 Å².